The van der Waals surface area contributed by atoms with E-state index in [-0.39, 0.29) is 11.6 Å². The lowest BCUT2D eigenvalue weighted by molar-refractivity contribution is 0.0230. The van der Waals surface area contributed by atoms with Crippen LogP contribution in [0.5, 0.6) is 5.75 Å². The number of benzene rings is 1. The molecule has 1 aliphatic carbocycles. The first-order valence-corrected chi connectivity index (χ1v) is 7.85. The van der Waals surface area contributed by atoms with E-state index in [1.165, 1.54) is 37.7 Å². The molecule has 1 amide bonds. The standard InChI is InChI=1S/C17H18FN3O4/c1-25-13-3-2-10(18)8-12(13)14(9-6-11(22)7-9)21-17(24)15-16(23)20-5-4-19-15/h2-5,8-9,11,14,22H,6-7H2,1H3,(H,20,23)(H,21,24)/t9?,11?,14-/m0/s1. The van der Waals surface area contributed by atoms with E-state index >= 15 is 0 Å². The number of H-pyrrole nitrogens is 1. The molecule has 0 radical (unpaired) electrons. The minimum atomic E-state index is -0.667. The van der Waals surface area contributed by atoms with E-state index in [2.05, 4.69) is 15.3 Å². The Morgan fingerprint density at radius 3 is 2.88 bits per heavy atom. The van der Waals surface area contributed by atoms with Gasteiger partial charge in [0, 0.05) is 18.0 Å². The molecule has 0 bridgehead atoms. The number of aliphatic hydroxyl groups is 1. The Hall–Kier alpha value is -2.74. The molecular formula is C17H18FN3O4. The first-order valence-electron chi connectivity index (χ1n) is 7.85. The van der Waals surface area contributed by atoms with Gasteiger partial charge in [0.15, 0.2) is 5.69 Å². The van der Waals surface area contributed by atoms with E-state index in [4.69, 9.17) is 4.74 Å². The number of amides is 1. The van der Waals surface area contributed by atoms with Crippen LogP contribution in [0.15, 0.2) is 35.4 Å². The van der Waals surface area contributed by atoms with Gasteiger partial charge in [-0.15, -0.1) is 0 Å². The Labute approximate surface area is 142 Å². The van der Waals surface area contributed by atoms with Crippen molar-refractivity contribution in [1.82, 2.24) is 15.3 Å². The number of aromatic nitrogens is 2. The quantitative estimate of drug-likeness (QED) is 0.753. The fraction of sp³-hybridized carbons (Fsp3) is 0.353. The molecule has 0 unspecified atom stereocenters. The summed E-state index contributed by atoms with van der Waals surface area (Å²) in [5, 5.41) is 12.3. The van der Waals surface area contributed by atoms with E-state index < -0.39 is 29.4 Å². The van der Waals surface area contributed by atoms with Crippen LogP contribution in [0.3, 0.4) is 0 Å². The van der Waals surface area contributed by atoms with E-state index in [0.717, 1.165) is 0 Å². The normalized spacial score (nSPS) is 20.4. The number of carbonyl (C=O) groups excluding carboxylic acids is 1. The van der Waals surface area contributed by atoms with Crippen molar-refractivity contribution >= 4 is 5.91 Å². The summed E-state index contributed by atoms with van der Waals surface area (Å²) in [6.07, 6.45) is 3.10. The van der Waals surface area contributed by atoms with Gasteiger partial charge in [-0.25, -0.2) is 9.37 Å². The zero-order valence-electron chi connectivity index (χ0n) is 13.5. The topological polar surface area (TPSA) is 104 Å². The highest BCUT2D eigenvalue weighted by Gasteiger charge is 2.37. The second-order valence-corrected chi connectivity index (χ2v) is 5.99. The third kappa shape index (κ3) is 3.53. The lowest BCUT2D eigenvalue weighted by atomic mass is 9.74. The first-order chi connectivity index (χ1) is 12.0. The van der Waals surface area contributed by atoms with Crippen molar-refractivity contribution in [1.29, 1.82) is 0 Å². The highest BCUT2D eigenvalue weighted by Crippen LogP contribution is 2.41. The van der Waals surface area contributed by atoms with Crippen LogP contribution in [-0.2, 0) is 0 Å². The van der Waals surface area contributed by atoms with Crippen LogP contribution in [0.1, 0.15) is 34.9 Å². The van der Waals surface area contributed by atoms with Crippen LogP contribution >= 0.6 is 0 Å². The monoisotopic (exact) mass is 347 g/mol. The number of nitrogens with zero attached hydrogens (tertiary/aromatic N) is 1. The third-order valence-electron chi connectivity index (χ3n) is 4.36. The lowest BCUT2D eigenvalue weighted by Gasteiger charge is -2.38. The van der Waals surface area contributed by atoms with Gasteiger partial charge in [0.05, 0.1) is 19.3 Å². The summed E-state index contributed by atoms with van der Waals surface area (Å²) in [7, 11) is 1.45. The highest BCUT2D eigenvalue weighted by molar-refractivity contribution is 5.92. The molecule has 25 heavy (non-hydrogen) atoms. The van der Waals surface area contributed by atoms with Crippen molar-refractivity contribution in [3.8, 4) is 5.75 Å². The first kappa shape index (κ1) is 17.1. The maximum absolute atomic E-state index is 13.7. The molecule has 1 saturated carbocycles. The van der Waals surface area contributed by atoms with Crippen molar-refractivity contribution < 1.29 is 19.0 Å². The summed E-state index contributed by atoms with van der Waals surface area (Å²) in [6, 6.07) is 3.42. The molecule has 1 heterocycles. The Balaban J connectivity index is 1.94. The van der Waals surface area contributed by atoms with Crippen LogP contribution in [0.4, 0.5) is 4.39 Å². The fourth-order valence-corrected chi connectivity index (χ4v) is 3.02. The Bertz CT molecular complexity index is 833. The van der Waals surface area contributed by atoms with E-state index in [1.807, 2.05) is 0 Å². The van der Waals surface area contributed by atoms with E-state index in [0.29, 0.717) is 24.2 Å². The molecule has 1 aromatic carbocycles. The number of hydrogen-bond acceptors (Lipinski definition) is 5. The average Bonchev–Trinajstić information content (AvgIpc) is 2.57. The maximum Gasteiger partial charge on any atom is 0.279 e. The van der Waals surface area contributed by atoms with E-state index in [1.54, 1.807) is 0 Å². The van der Waals surface area contributed by atoms with Crippen molar-refractivity contribution in [2.75, 3.05) is 7.11 Å². The second-order valence-electron chi connectivity index (χ2n) is 5.99. The number of carbonyl (C=O) groups is 1. The number of aliphatic hydroxyl groups excluding tert-OH is 1. The van der Waals surface area contributed by atoms with Crippen LogP contribution in [0.2, 0.25) is 0 Å². The number of aromatic amines is 1. The molecule has 3 rings (SSSR count). The smallest absolute Gasteiger partial charge is 0.279 e. The minimum absolute atomic E-state index is 0.0996. The zero-order valence-corrected chi connectivity index (χ0v) is 13.5. The van der Waals surface area contributed by atoms with Gasteiger partial charge < -0.3 is 20.1 Å². The van der Waals surface area contributed by atoms with Crippen LogP contribution < -0.4 is 15.6 Å². The summed E-state index contributed by atoms with van der Waals surface area (Å²) in [4.78, 5) is 30.4. The maximum atomic E-state index is 13.7. The molecule has 132 valence electrons. The van der Waals surface area contributed by atoms with Gasteiger partial charge >= 0.3 is 0 Å². The van der Waals surface area contributed by atoms with Crippen molar-refractivity contribution in [3.05, 3.63) is 58.0 Å². The Morgan fingerprint density at radius 1 is 1.48 bits per heavy atom. The number of halogens is 1. The van der Waals surface area contributed by atoms with Crippen molar-refractivity contribution in [2.45, 2.75) is 25.0 Å². The molecule has 1 aromatic heterocycles. The van der Waals surface area contributed by atoms with Gasteiger partial charge in [-0.2, -0.15) is 0 Å². The van der Waals surface area contributed by atoms with Gasteiger partial charge in [0.25, 0.3) is 11.5 Å². The van der Waals surface area contributed by atoms with E-state index in [9.17, 15) is 19.1 Å². The van der Waals surface area contributed by atoms with Crippen LogP contribution in [0.25, 0.3) is 0 Å². The van der Waals surface area contributed by atoms with Gasteiger partial charge in [0.2, 0.25) is 0 Å². The summed E-state index contributed by atoms with van der Waals surface area (Å²) < 4.78 is 19.0. The van der Waals surface area contributed by atoms with Gasteiger partial charge in [-0.1, -0.05) is 0 Å². The molecule has 3 N–H and O–H groups in total. The van der Waals surface area contributed by atoms with Crippen LogP contribution in [-0.4, -0.2) is 34.2 Å². The second kappa shape index (κ2) is 7.02. The summed E-state index contributed by atoms with van der Waals surface area (Å²) in [5.41, 5.74) is -0.429. The molecule has 7 nitrogen and oxygen atoms in total. The number of methoxy groups -OCH3 is 1. The minimum Gasteiger partial charge on any atom is -0.496 e. The lowest BCUT2D eigenvalue weighted by Crippen LogP contribution is -2.43. The summed E-state index contributed by atoms with van der Waals surface area (Å²) >= 11 is 0. The number of hydrogen-bond donors (Lipinski definition) is 3. The molecule has 1 fully saturated rings. The Morgan fingerprint density at radius 2 is 2.24 bits per heavy atom. The number of ether oxygens (including phenoxy) is 1. The largest absolute Gasteiger partial charge is 0.496 e. The van der Waals surface area contributed by atoms with Gasteiger partial charge in [-0.05, 0) is 37.0 Å². The number of nitrogens with one attached hydrogen (secondary N) is 2. The Kier molecular flexibility index (Phi) is 4.80. The predicted octanol–water partition coefficient (Wildman–Crippen LogP) is 1.16. The average molecular weight is 347 g/mol. The fourth-order valence-electron chi connectivity index (χ4n) is 3.02. The molecule has 1 atom stereocenters. The molecular weight excluding hydrogens is 329 g/mol. The van der Waals surface area contributed by atoms with Crippen molar-refractivity contribution in [2.24, 2.45) is 5.92 Å². The predicted molar refractivity (Wildman–Crippen MR) is 86.7 cm³/mol. The zero-order chi connectivity index (χ0) is 18.0. The summed E-state index contributed by atoms with van der Waals surface area (Å²) in [6.45, 7) is 0. The van der Waals surface area contributed by atoms with Gasteiger partial charge in [0.1, 0.15) is 11.6 Å². The van der Waals surface area contributed by atoms with Crippen LogP contribution in [0, 0.1) is 11.7 Å². The molecule has 0 aliphatic heterocycles. The summed E-state index contributed by atoms with van der Waals surface area (Å²) in [5.74, 6) is -0.814. The SMILES string of the molecule is COc1ccc(F)cc1[C@@H](NC(=O)c1ncc[nH]c1=O)C1CC(O)C1. The molecule has 8 heteroatoms. The third-order valence-corrected chi connectivity index (χ3v) is 4.36. The van der Waals surface area contributed by atoms with Gasteiger partial charge in [-0.3, -0.25) is 9.59 Å². The highest BCUT2D eigenvalue weighted by atomic mass is 19.1. The molecule has 1 aliphatic rings. The molecule has 0 spiro atoms. The molecule has 0 saturated heterocycles. The van der Waals surface area contributed by atoms with Crippen molar-refractivity contribution in [3.63, 3.8) is 0 Å². The molecule has 2 aromatic rings. The number of rotatable bonds is 5.